The Balaban J connectivity index is 2.58. The number of nitriles is 1. The molecule has 12 heavy (non-hydrogen) atoms. The van der Waals surface area contributed by atoms with E-state index < -0.39 is 10.8 Å². The molecule has 0 spiro atoms. The second kappa shape index (κ2) is 4.04. The highest BCUT2D eigenvalue weighted by Crippen LogP contribution is 2.35. The molecule has 1 aliphatic rings. The minimum Gasteiger partial charge on any atom is -0.260 e. The molecule has 0 atom stereocenters. The molecule has 0 aromatic heterocycles. The predicted molar refractivity (Wildman–Crippen MR) is 50.1 cm³/mol. The standard InChI is InChI=1S/C9H15NOS/c1-2-3-9(8-10)4-6-12(11)7-5-9/h2-7H2,1H3. The largest absolute Gasteiger partial charge is 0.260 e. The SMILES string of the molecule is CCCC1(C#N)CCS(=O)CC1. The Morgan fingerprint density at radius 1 is 1.50 bits per heavy atom. The van der Waals surface area contributed by atoms with Crippen LogP contribution in [0.15, 0.2) is 0 Å². The van der Waals surface area contributed by atoms with Gasteiger partial charge in [-0.15, -0.1) is 0 Å². The average molecular weight is 185 g/mol. The van der Waals surface area contributed by atoms with Crippen LogP contribution in [0.25, 0.3) is 0 Å². The highest BCUT2D eigenvalue weighted by Gasteiger charge is 2.33. The molecule has 1 saturated heterocycles. The van der Waals surface area contributed by atoms with E-state index in [1.165, 1.54) is 0 Å². The zero-order valence-corrected chi connectivity index (χ0v) is 8.32. The first-order valence-corrected chi connectivity index (χ1v) is 5.97. The summed E-state index contributed by atoms with van der Waals surface area (Å²) in [6.07, 6.45) is 3.70. The molecule has 1 heterocycles. The van der Waals surface area contributed by atoms with Gasteiger partial charge in [-0.25, -0.2) is 0 Å². The minimum atomic E-state index is -0.643. The van der Waals surface area contributed by atoms with Gasteiger partial charge in [-0.2, -0.15) is 5.26 Å². The second-order valence-corrected chi connectivity index (χ2v) is 5.19. The van der Waals surface area contributed by atoms with Crippen LogP contribution in [0.1, 0.15) is 32.6 Å². The van der Waals surface area contributed by atoms with Crippen molar-refractivity contribution in [3.05, 3.63) is 0 Å². The summed E-state index contributed by atoms with van der Waals surface area (Å²) < 4.78 is 11.1. The highest BCUT2D eigenvalue weighted by molar-refractivity contribution is 7.85. The van der Waals surface area contributed by atoms with Gasteiger partial charge in [0.15, 0.2) is 0 Å². The van der Waals surface area contributed by atoms with E-state index in [1.807, 2.05) is 0 Å². The molecule has 2 nitrogen and oxygen atoms in total. The first kappa shape index (κ1) is 9.73. The Morgan fingerprint density at radius 3 is 2.50 bits per heavy atom. The van der Waals surface area contributed by atoms with Gasteiger partial charge in [0.05, 0.1) is 11.5 Å². The zero-order valence-electron chi connectivity index (χ0n) is 7.51. The molecule has 3 heteroatoms. The van der Waals surface area contributed by atoms with E-state index in [4.69, 9.17) is 5.26 Å². The third kappa shape index (κ3) is 2.07. The van der Waals surface area contributed by atoms with Crippen molar-refractivity contribution in [2.45, 2.75) is 32.6 Å². The molecular formula is C9H15NOS. The molecular weight excluding hydrogens is 170 g/mol. The predicted octanol–water partition coefficient (Wildman–Crippen LogP) is 1.84. The summed E-state index contributed by atoms with van der Waals surface area (Å²) in [6.45, 7) is 2.10. The number of hydrogen-bond donors (Lipinski definition) is 0. The lowest BCUT2D eigenvalue weighted by molar-refractivity contribution is 0.328. The molecule has 1 aliphatic heterocycles. The Morgan fingerprint density at radius 2 is 2.08 bits per heavy atom. The van der Waals surface area contributed by atoms with E-state index in [9.17, 15) is 4.21 Å². The third-order valence-corrected chi connectivity index (χ3v) is 3.90. The van der Waals surface area contributed by atoms with Crippen LogP contribution in [0, 0.1) is 16.7 Å². The van der Waals surface area contributed by atoms with Crippen LogP contribution in [0.3, 0.4) is 0 Å². The van der Waals surface area contributed by atoms with Crippen LogP contribution in [0.2, 0.25) is 0 Å². The van der Waals surface area contributed by atoms with Gasteiger partial charge in [0.1, 0.15) is 0 Å². The van der Waals surface area contributed by atoms with Crippen molar-refractivity contribution in [2.24, 2.45) is 5.41 Å². The van der Waals surface area contributed by atoms with Crippen molar-refractivity contribution in [1.82, 2.24) is 0 Å². The van der Waals surface area contributed by atoms with Crippen LogP contribution in [-0.4, -0.2) is 15.7 Å². The van der Waals surface area contributed by atoms with Crippen molar-refractivity contribution in [1.29, 1.82) is 5.26 Å². The molecule has 0 aromatic carbocycles. The molecule has 0 aliphatic carbocycles. The number of rotatable bonds is 2. The first-order chi connectivity index (χ1) is 5.72. The molecule has 1 rings (SSSR count). The lowest BCUT2D eigenvalue weighted by Crippen LogP contribution is -2.29. The topological polar surface area (TPSA) is 40.9 Å². The second-order valence-electron chi connectivity index (χ2n) is 3.49. The maximum atomic E-state index is 11.1. The summed E-state index contributed by atoms with van der Waals surface area (Å²) in [7, 11) is -0.643. The summed E-state index contributed by atoms with van der Waals surface area (Å²) in [5.74, 6) is 1.46. The lowest BCUT2D eigenvalue weighted by atomic mass is 9.79. The van der Waals surface area contributed by atoms with Crippen molar-refractivity contribution in [2.75, 3.05) is 11.5 Å². The average Bonchev–Trinajstić information content (AvgIpc) is 2.10. The van der Waals surface area contributed by atoms with Crippen LogP contribution in [0.5, 0.6) is 0 Å². The maximum absolute atomic E-state index is 11.1. The van der Waals surface area contributed by atoms with Gasteiger partial charge in [0, 0.05) is 22.3 Å². The normalized spacial score (nSPS) is 35.8. The van der Waals surface area contributed by atoms with E-state index in [1.54, 1.807) is 0 Å². The van der Waals surface area contributed by atoms with E-state index in [0.717, 1.165) is 37.2 Å². The Bertz CT molecular complexity index is 209. The summed E-state index contributed by atoms with van der Waals surface area (Å²) in [5.41, 5.74) is -0.136. The van der Waals surface area contributed by atoms with Crippen molar-refractivity contribution in [3.63, 3.8) is 0 Å². The van der Waals surface area contributed by atoms with Gasteiger partial charge in [-0.05, 0) is 19.3 Å². The monoisotopic (exact) mass is 185 g/mol. The highest BCUT2D eigenvalue weighted by atomic mass is 32.2. The molecule has 68 valence electrons. The van der Waals surface area contributed by atoms with Crippen molar-refractivity contribution >= 4 is 10.8 Å². The van der Waals surface area contributed by atoms with Crippen LogP contribution in [-0.2, 0) is 10.8 Å². The molecule has 0 aromatic rings. The number of hydrogen-bond acceptors (Lipinski definition) is 2. The first-order valence-electron chi connectivity index (χ1n) is 4.49. The van der Waals surface area contributed by atoms with Crippen LogP contribution < -0.4 is 0 Å². The molecule has 1 fully saturated rings. The number of nitrogens with zero attached hydrogens (tertiary/aromatic N) is 1. The Hall–Kier alpha value is -0.360. The molecule has 0 amide bonds. The fourth-order valence-corrected chi connectivity index (χ4v) is 3.18. The van der Waals surface area contributed by atoms with Gasteiger partial charge < -0.3 is 0 Å². The van der Waals surface area contributed by atoms with Crippen molar-refractivity contribution in [3.8, 4) is 6.07 Å². The van der Waals surface area contributed by atoms with E-state index in [-0.39, 0.29) is 5.41 Å². The van der Waals surface area contributed by atoms with Crippen molar-refractivity contribution < 1.29 is 4.21 Å². The summed E-state index contributed by atoms with van der Waals surface area (Å²) in [5, 5.41) is 9.01. The summed E-state index contributed by atoms with van der Waals surface area (Å²) in [6, 6.07) is 2.40. The van der Waals surface area contributed by atoms with Gasteiger partial charge in [-0.1, -0.05) is 13.3 Å². The third-order valence-electron chi connectivity index (χ3n) is 2.58. The molecule has 0 saturated carbocycles. The van der Waals surface area contributed by atoms with Gasteiger partial charge >= 0.3 is 0 Å². The maximum Gasteiger partial charge on any atom is 0.0690 e. The molecule has 0 radical (unpaired) electrons. The van der Waals surface area contributed by atoms with Crippen LogP contribution >= 0.6 is 0 Å². The fraction of sp³-hybridized carbons (Fsp3) is 0.889. The molecule has 0 unspecified atom stereocenters. The minimum absolute atomic E-state index is 0.136. The zero-order chi connectivity index (χ0) is 9.03. The quantitative estimate of drug-likeness (QED) is 0.658. The van der Waals surface area contributed by atoms with Gasteiger partial charge in [-0.3, -0.25) is 4.21 Å². The summed E-state index contributed by atoms with van der Waals surface area (Å²) >= 11 is 0. The fourth-order valence-electron chi connectivity index (χ4n) is 1.74. The van der Waals surface area contributed by atoms with Crippen LogP contribution in [0.4, 0.5) is 0 Å². The smallest absolute Gasteiger partial charge is 0.0690 e. The molecule has 0 N–H and O–H groups in total. The summed E-state index contributed by atoms with van der Waals surface area (Å²) in [4.78, 5) is 0. The van der Waals surface area contributed by atoms with E-state index >= 15 is 0 Å². The Labute approximate surface area is 76.4 Å². The Kier molecular flexibility index (Phi) is 3.28. The lowest BCUT2D eigenvalue weighted by Gasteiger charge is -2.29. The van der Waals surface area contributed by atoms with E-state index in [0.29, 0.717) is 0 Å². The van der Waals surface area contributed by atoms with E-state index in [2.05, 4.69) is 13.0 Å². The van der Waals surface area contributed by atoms with Gasteiger partial charge in [0.2, 0.25) is 0 Å². The van der Waals surface area contributed by atoms with Gasteiger partial charge in [0.25, 0.3) is 0 Å². The molecule has 0 bridgehead atoms.